The molecule has 1 nitrogen and oxygen atoms in total. The molecular weight excluding hydrogens is 168 g/mol. The second kappa shape index (κ2) is 1.48. The van der Waals surface area contributed by atoms with Gasteiger partial charge < -0.3 is 4.74 Å². The topological polar surface area (TPSA) is 12.5 Å². The highest BCUT2D eigenvalue weighted by Gasteiger charge is 2.55. The van der Waals surface area contributed by atoms with Gasteiger partial charge in [-0.05, 0) is 19.3 Å². The Morgan fingerprint density at radius 2 is 2.38 bits per heavy atom. The number of rotatable bonds is 0. The van der Waals surface area contributed by atoms with Crippen LogP contribution in [-0.2, 0) is 4.74 Å². The van der Waals surface area contributed by atoms with Crippen molar-refractivity contribution < 1.29 is 4.74 Å². The van der Waals surface area contributed by atoms with Gasteiger partial charge in [0.1, 0.15) is 4.51 Å². The third kappa shape index (κ3) is 0.627. The zero-order valence-corrected chi connectivity index (χ0v) is 6.28. The maximum absolute atomic E-state index is 5.38. The molecule has 0 N–H and O–H groups in total. The van der Waals surface area contributed by atoms with Gasteiger partial charge in [-0.25, -0.2) is 0 Å². The van der Waals surface area contributed by atoms with Gasteiger partial charge in [0, 0.05) is 0 Å². The molecule has 0 spiro atoms. The highest BCUT2D eigenvalue weighted by Crippen LogP contribution is 2.52. The maximum Gasteiger partial charge on any atom is 0.149 e. The van der Waals surface area contributed by atoms with E-state index in [1.807, 2.05) is 0 Å². The van der Waals surface area contributed by atoms with Crippen LogP contribution in [0.5, 0.6) is 0 Å². The maximum atomic E-state index is 5.38. The SMILES string of the molecule is BrC12CCCCC1O2. The third-order valence-electron chi connectivity index (χ3n) is 2.00. The Kier molecular flexibility index (Phi) is 0.970. The summed E-state index contributed by atoms with van der Waals surface area (Å²) in [7, 11) is 0. The number of ether oxygens (including phenoxy) is 1. The van der Waals surface area contributed by atoms with Gasteiger partial charge in [0.05, 0.1) is 6.10 Å². The van der Waals surface area contributed by atoms with E-state index in [1.54, 1.807) is 0 Å². The first-order valence-electron chi connectivity index (χ1n) is 3.18. The van der Waals surface area contributed by atoms with Crippen LogP contribution in [0.1, 0.15) is 25.7 Å². The summed E-state index contributed by atoms with van der Waals surface area (Å²) in [6, 6.07) is 0. The van der Waals surface area contributed by atoms with E-state index in [9.17, 15) is 0 Å². The molecule has 0 aromatic carbocycles. The Morgan fingerprint density at radius 3 is 2.88 bits per heavy atom. The van der Waals surface area contributed by atoms with Gasteiger partial charge in [-0.15, -0.1) is 0 Å². The van der Waals surface area contributed by atoms with Crippen molar-refractivity contribution in [3.63, 3.8) is 0 Å². The number of halogens is 1. The van der Waals surface area contributed by atoms with Crippen LogP contribution in [-0.4, -0.2) is 10.6 Å². The monoisotopic (exact) mass is 176 g/mol. The molecule has 2 aliphatic rings. The lowest BCUT2D eigenvalue weighted by molar-refractivity contribution is 0.360. The van der Waals surface area contributed by atoms with Crippen LogP contribution in [0.25, 0.3) is 0 Å². The molecule has 1 aliphatic carbocycles. The van der Waals surface area contributed by atoms with Crippen LogP contribution < -0.4 is 0 Å². The van der Waals surface area contributed by atoms with Gasteiger partial charge in [-0.1, -0.05) is 22.4 Å². The van der Waals surface area contributed by atoms with E-state index in [0.717, 1.165) is 0 Å². The van der Waals surface area contributed by atoms with E-state index >= 15 is 0 Å². The van der Waals surface area contributed by atoms with E-state index in [0.29, 0.717) is 6.10 Å². The second-order valence-electron chi connectivity index (χ2n) is 2.64. The highest BCUT2D eigenvalue weighted by molar-refractivity contribution is 9.10. The van der Waals surface area contributed by atoms with Crippen molar-refractivity contribution in [1.82, 2.24) is 0 Å². The molecule has 1 heterocycles. The van der Waals surface area contributed by atoms with Crippen LogP contribution in [0.3, 0.4) is 0 Å². The van der Waals surface area contributed by atoms with Gasteiger partial charge in [0.25, 0.3) is 0 Å². The van der Waals surface area contributed by atoms with Gasteiger partial charge in [0.2, 0.25) is 0 Å². The predicted octanol–water partition coefficient (Wildman–Crippen LogP) is 2.05. The lowest BCUT2D eigenvalue weighted by atomic mass is 10.0. The normalized spacial score (nSPS) is 52.9. The molecule has 1 aliphatic heterocycles. The molecule has 46 valence electrons. The first-order chi connectivity index (χ1) is 3.81. The lowest BCUT2D eigenvalue weighted by Crippen LogP contribution is -2.10. The van der Waals surface area contributed by atoms with Crippen LogP contribution in [0.4, 0.5) is 0 Å². The fourth-order valence-corrected chi connectivity index (χ4v) is 2.13. The molecule has 1 saturated heterocycles. The molecule has 0 amide bonds. The Bertz CT molecular complexity index is 113. The van der Waals surface area contributed by atoms with Gasteiger partial charge in [-0.3, -0.25) is 0 Å². The number of fused-ring (bicyclic) bond motifs is 1. The van der Waals surface area contributed by atoms with Crippen molar-refractivity contribution in [1.29, 1.82) is 0 Å². The van der Waals surface area contributed by atoms with E-state index < -0.39 is 0 Å². The minimum absolute atomic E-state index is 0.158. The van der Waals surface area contributed by atoms with Crippen LogP contribution in [0.15, 0.2) is 0 Å². The number of hydrogen-bond donors (Lipinski definition) is 0. The molecule has 0 aromatic heterocycles. The Balaban J connectivity index is 2.04. The molecular formula is C6H9BrO. The van der Waals surface area contributed by atoms with Crippen LogP contribution >= 0.6 is 15.9 Å². The summed E-state index contributed by atoms with van der Waals surface area (Å²) in [4.78, 5) is 0. The zero-order chi connectivity index (χ0) is 5.61. The summed E-state index contributed by atoms with van der Waals surface area (Å²) in [5, 5.41) is 0. The highest BCUT2D eigenvalue weighted by atomic mass is 79.9. The van der Waals surface area contributed by atoms with Crippen molar-refractivity contribution in [3.8, 4) is 0 Å². The molecule has 2 unspecified atom stereocenters. The molecule has 8 heavy (non-hydrogen) atoms. The van der Waals surface area contributed by atoms with E-state index in [4.69, 9.17) is 4.74 Å². The minimum atomic E-state index is 0.158. The first-order valence-corrected chi connectivity index (χ1v) is 3.97. The van der Waals surface area contributed by atoms with E-state index in [2.05, 4.69) is 15.9 Å². The quantitative estimate of drug-likeness (QED) is 0.407. The fourth-order valence-electron chi connectivity index (χ4n) is 1.39. The minimum Gasteiger partial charge on any atom is -0.354 e. The summed E-state index contributed by atoms with van der Waals surface area (Å²) < 4.78 is 5.54. The summed E-state index contributed by atoms with van der Waals surface area (Å²) in [5.41, 5.74) is 0. The molecule has 1 saturated carbocycles. The lowest BCUT2D eigenvalue weighted by Gasteiger charge is -2.08. The summed E-state index contributed by atoms with van der Waals surface area (Å²) in [6.07, 6.45) is 5.75. The Morgan fingerprint density at radius 1 is 1.50 bits per heavy atom. The summed E-state index contributed by atoms with van der Waals surface area (Å²) in [5.74, 6) is 0. The smallest absolute Gasteiger partial charge is 0.149 e. The molecule has 2 rings (SSSR count). The van der Waals surface area contributed by atoms with Crippen molar-refractivity contribution in [2.24, 2.45) is 0 Å². The van der Waals surface area contributed by atoms with E-state index in [-0.39, 0.29) is 4.51 Å². The zero-order valence-electron chi connectivity index (χ0n) is 4.69. The summed E-state index contributed by atoms with van der Waals surface area (Å²) >= 11 is 3.54. The second-order valence-corrected chi connectivity index (χ2v) is 3.98. The largest absolute Gasteiger partial charge is 0.354 e. The van der Waals surface area contributed by atoms with Crippen LogP contribution in [0, 0.1) is 0 Å². The van der Waals surface area contributed by atoms with Crippen LogP contribution in [0.2, 0.25) is 0 Å². The van der Waals surface area contributed by atoms with Crippen molar-refractivity contribution in [2.75, 3.05) is 0 Å². The number of epoxide rings is 1. The fraction of sp³-hybridized carbons (Fsp3) is 1.00. The van der Waals surface area contributed by atoms with Crippen molar-refractivity contribution in [2.45, 2.75) is 36.3 Å². The molecule has 0 radical (unpaired) electrons. The van der Waals surface area contributed by atoms with Gasteiger partial charge in [-0.2, -0.15) is 0 Å². The Labute approximate surface area is 57.5 Å². The molecule has 0 bridgehead atoms. The Hall–Kier alpha value is 0.440. The van der Waals surface area contributed by atoms with Crippen molar-refractivity contribution >= 4 is 15.9 Å². The predicted molar refractivity (Wildman–Crippen MR) is 35.0 cm³/mol. The average molecular weight is 177 g/mol. The molecule has 2 heteroatoms. The number of hydrogen-bond acceptors (Lipinski definition) is 1. The molecule has 0 aromatic rings. The molecule has 2 atom stereocenters. The van der Waals surface area contributed by atoms with Crippen molar-refractivity contribution in [3.05, 3.63) is 0 Å². The standard InChI is InChI=1S/C6H9BrO/c7-6-4-2-1-3-5(6)8-6/h5H,1-4H2. The average Bonchev–Trinajstić information content (AvgIpc) is 2.39. The first kappa shape index (κ1) is 5.24. The van der Waals surface area contributed by atoms with Gasteiger partial charge >= 0.3 is 0 Å². The van der Waals surface area contributed by atoms with E-state index in [1.165, 1.54) is 25.7 Å². The number of alkyl halides is 1. The van der Waals surface area contributed by atoms with Gasteiger partial charge in [0.15, 0.2) is 0 Å². The molecule has 2 fully saturated rings. The third-order valence-corrected chi connectivity index (χ3v) is 3.09. The summed E-state index contributed by atoms with van der Waals surface area (Å²) in [6.45, 7) is 0.